The molecule has 0 amide bonds. The summed E-state index contributed by atoms with van der Waals surface area (Å²) in [6.45, 7) is 0. The molecule has 0 saturated carbocycles. The van der Waals surface area contributed by atoms with E-state index in [0.717, 1.165) is 10.2 Å². The second kappa shape index (κ2) is 3.60. The van der Waals surface area contributed by atoms with Crippen molar-refractivity contribution in [2.75, 3.05) is 5.73 Å². The Kier molecular flexibility index (Phi) is 2.93. The highest BCUT2D eigenvalue weighted by atomic mass is 79.9. The molecule has 0 bridgehead atoms. The first kappa shape index (κ1) is 9.77. The Morgan fingerprint density at radius 1 is 1.42 bits per heavy atom. The van der Waals surface area contributed by atoms with Gasteiger partial charge < -0.3 is 5.73 Å². The summed E-state index contributed by atoms with van der Waals surface area (Å²) >= 11 is 7.31. The first-order chi connectivity index (χ1) is 5.27. The molecule has 2 N–H and O–H groups in total. The Labute approximate surface area is 89.1 Å². The van der Waals surface area contributed by atoms with Crippen LogP contribution in [0.4, 0.5) is 5.13 Å². The van der Waals surface area contributed by atoms with Crippen LogP contribution >= 0.6 is 39.9 Å². The van der Waals surface area contributed by atoms with Gasteiger partial charge in [-0.05, 0) is 12.1 Å². The summed E-state index contributed by atoms with van der Waals surface area (Å²) < 4.78 is 1.04. The smallest absolute Gasteiger partial charge is 0.181 e. The highest BCUT2D eigenvalue weighted by Gasteiger charge is 2.02. The van der Waals surface area contributed by atoms with Crippen LogP contribution in [0, 0.1) is 0 Å². The number of rotatable bonds is 0. The van der Waals surface area contributed by atoms with E-state index in [2.05, 4.69) is 4.98 Å². The average molecular weight is 266 g/mol. The number of hydrogen-bond acceptors (Lipinski definition) is 3. The van der Waals surface area contributed by atoms with E-state index < -0.39 is 0 Å². The van der Waals surface area contributed by atoms with Gasteiger partial charge in [0.25, 0.3) is 0 Å². The Balaban J connectivity index is 0.000000720. The largest absolute Gasteiger partial charge is 0.375 e. The minimum Gasteiger partial charge on any atom is -0.375 e. The van der Waals surface area contributed by atoms with Crippen LogP contribution in [0.25, 0.3) is 10.2 Å². The van der Waals surface area contributed by atoms with E-state index in [9.17, 15) is 0 Å². The van der Waals surface area contributed by atoms with Crippen molar-refractivity contribution in [2.24, 2.45) is 0 Å². The maximum atomic E-state index is 5.86. The van der Waals surface area contributed by atoms with Crippen LogP contribution in [0.1, 0.15) is 0 Å². The number of para-hydroxylation sites is 1. The molecule has 2 aromatic rings. The van der Waals surface area contributed by atoms with Gasteiger partial charge >= 0.3 is 0 Å². The van der Waals surface area contributed by atoms with E-state index in [-0.39, 0.29) is 17.0 Å². The van der Waals surface area contributed by atoms with Crippen molar-refractivity contribution in [3.8, 4) is 0 Å². The van der Waals surface area contributed by atoms with Gasteiger partial charge in [0.1, 0.15) is 5.52 Å². The SMILES string of the molecule is Br.Nc1nc2c(Cl)cccc2s1. The van der Waals surface area contributed by atoms with Crippen molar-refractivity contribution in [1.82, 2.24) is 4.98 Å². The van der Waals surface area contributed by atoms with Crippen molar-refractivity contribution < 1.29 is 0 Å². The number of nitrogens with zero attached hydrogens (tertiary/aromatic N) is 1. The third-order valence-corrected chi connectivity index (χ3v) is 2.54. The molecule has 1 aromatic carbocycles. The van der Waals surface area contributed by atoms with Gasteiger partial charge in [0, 0.05) is 0 Å². The zero-order chi connectivity index (χ0) is 7.84. The molecule has 0 aliphatic carbocycles. The molecule has 2 nitrogen and oxygen atoms in total. The number of halogens is 2. The van der Waals surface area contributed by atoms with E-state index in [1.807, 2.05) is 18.2 Å². The van der Waals surface area contributed by atoms with Crippen LogP contribution in [0.3, 0.4) is 0 Å². The predicted molar refractivity (Wildman–Crippen MR) is 59.4 cm³/mol. The number of nitrogen functional groups attached to an aromatic ring is 1. The van der Waals surface area contributed by atoms with Gasteiger partial charge in [0.15, 0.2) is 5.13 Å². The highest BCUT2D eigenvalue weighted by molar-refractivity contribution is 8.93. The lowest BCUT2D eigenvalue weighted by Crippen LogP contribution is -1.79. The minimum atomic E-state index is 0. The lowest BCUT2D eigenvalue weighted by atomic mass is 10.3. The zero-order valence-electron chi connectivity index (χ0n) is 5.95. The van der Waals surface area contributed by atoms with E-state index in [0.29, 0.717) is 10.2 Å². The van der Waals surface area contributed by atoms with E-state index in [1.165, 1.54) is 11.3 Å². The zero-order valence-corrected chi connectivity index (χ0v) is 9.24. The summed E-state index contributed by atoms with van der Waals surface area (Å²) in [5.41, 5.74) is 6.31. The monoisotopic (exact) mass is 264 g/mol. The molecule has 0 aliphatic rings. The quantitative estimate of drug-likeness (QED) is 0.795. The molecule has 0 radical (unpaired) electrons. The fourth-order valence-electron chi connectivity index (χ4n) is 0.932. The highest BCUT2D eigenvalue weighted by Crippen LogP contribution is 2.28. The van der Waals surface area contributed by atoms with Crippen molar-refractivity contribution in [2.45, 2.75) is 0 Å². The molecule has 64 valence electrons. The fraction of sp³-hybridized carbons (Fsp3) is 0. The van der Waals surface area contributed by atoms with Crippen LogP contribution in [-0.4, -0.2) is 4.98 Å². The third kappa shape index (κ3) is 1.55. The van der Waals surface area contributed by atoms with Gasteiger partial charge in [0.2, 0.25) is 0 Å². The van der Waals surface area contributed by atoms with Gasteiger partial charge in [-0.1, -0.05) is 29.0 Å². The molecule has 1 aromatic heterocycles. The molecule has 0 aliphatic heterocycles. The van der Waals surface area contributed by atoms with E-state index in [1.54, 1.807) is 0 Å². The Morgan fingerprint density at radius 2 is 2.17 bits per heavy atom. The standard InChI is InChI=1S/C7H5ClN2S.BrH/c8-4-2-1-3-5-6(4)10-7(9)11-5;/h1-3H,(H2,9,10);1H. The summed E-state index contributed by atoms with van der Waals surface area (Å²) in [6.07, 6.45) is 0. The second-order valence-electron chi connectivity index (χ2n) is 2.14. The normalized spacial score (nSPS) is 9.75. The van der Waals surface area contributed by atoms with Crippen LogP contribution in [0.5, 0.6) is 0 Å². The predicted octanol–water partition coefficient (Wildman–Crippen LogP) is 3.11. The number of fused-ring (bicyclic) bond motifs is 1. The number of benzene rings is 1. The number of aromatic nitrogens is 1. The number of hydrogen-bond donors (Lipinski definition) is 1. The molecule has 0 unspecified atom stereocenters. The molecule has 12 heavy (non-hydrogen) atoms. The molecule has 0 atom stereocenters. The molecular weight excluding hydrogens is 260 g/mol. The maximum absolute atomic E-state index is 5.86. The van der Waals surface area contributed by atoms with Gasteiger partial charge in [-0.25, -0.2) is 4.98 Å². The Hall–Kier alpha value is -0.320. The molecule has 1 heterocycles. The van der Waals surface area contributed by atoms with Crippen molar-refractivity contribution in [3.63, 3.8) is 0 Å². The second-order valence-corrected chi connectivity index (χ2v) is 3.61. The molecule has 0 spiro atoms. The number of nitrogens with two attached hydrogens (primary N) is 1. The topological polar surface area (TPSA) is 38.9 Å². The molecule has 5 heteroatoms. The van der Waals surface area contributed by atoms with Gasteiger partial charge in [-0.2, -0.15) is 0 Å². The lowest BCUT2D eigenvalue weighted by molar-refractivity contribution is 1.50. The summed E-state index contributed by atoms with van der Waals surface area (Å²) in [5.74, 6) is 0. The van der Waals surface area contributed by atoms with Crippen LogP contribution in [0.15, 0.2) is 18.2 Å². The van der Waals surface area contributed by atoms with Gasteiger partial charge in [-0.15, -0.1) is 17.0 Å². The average Bonchev–Trinajstić information content (AvgIpc) is 2.31. The van der Waals surface area contributed by atoms with Crippen LogP contribution in [-0.2, 0) is 0 Å². The van der Waals surface area contributed by atoms with E-state index >= 15 is 0 Å². The fourth-order valence-corrected chi connectivity index (χ4v) is 1.97. The van der Waals surface area contributed by atoms with Gasteiger partial charge in [0.05, 0.1) is 9.72 Å². The summed E-state index contributed by atoms with van der Waals surface area (Å²) in [5, 5.41) is 1.23. The Morgan fingerprint density at radius 3 is 2.83 bits per heavy atom. The van der Waals surface area contributed by atoms with Crippen LogP contribution in [0.2, 0.25) is 5.02 Å². The van der Waals surface area contributed by atoms with Gasteiger partial charge in [-0.3, -0.25) is 0 Å². The van der Waals surface area contributed by atoms with Crippen LogP contribution < -0.4 is 5.73 Å². The molecule has 0 fully saturated rings. The molecule has 2 rings (SSSR count). The number of anilines is 1. The molecule has 0 saturated heterocycles. The third-order valence-electron chi connectivity index (χ3n) is 1.39. The lowest BCUT2D eigenvalue weighted by Gasteiger charge is -1.87. The summed E-state index contributed by atoms with van der Waals surface area (Å²) in [7, 11) is 0. The Bertz CT molecular complexity index is 401. The first-order valence-corrected chi connectivity index (χ1v) is 4.27. The first-order valence-electron chi connectivity index (χ1n) is 3.08. The van der Waals surface area contributed by atoms with Crippen molar-refractivity contribution in [1.29, 1.82) is 0 Å². The number of thiazole rings is 1. The van der Waals surface area contributed by atoms with E-state index in [4.69, 9.17) is 17.3 Å². The summed E-state index contributed by atoms with van der Waals surface area (Å²) in [4.78, 5) is 4.08. The maximum Gasteiger partial charge on any atom is 0.181 e. The van der Waals surface area contributed by atoms with Crippen molar-refractivity contribution >= 4 is 55.3 Å². The molecular formula is C7H6BrClN2S. The minimum absolute atomic E-state index is 0. The summed E-state index contributed by atoms with van der Waals surface area (Å²) in [6, 6.07) is 5.65. The van der Waals surface area contributed by atoms with Crippen molar-refractivity contribution in [3.05, 3.63) is 23.2 Å².